The van der Waals surface area contributed by atoms with Crippen LogP contribution in [-0.4, -0.2) is 29.9 Å². The molecule has 1 fully saturated rings. The summed E-state index contributed by atoms with van der Waals surface area (Å²) in [6.07, 6.45) is 1.55. The minimum atomic E-state index is -0.533. The van der Waals surface area contributed by atoms with E-state index < -0.39 is 11.6 Å². The third-order valence-electron chi connectivity index (χ3n) is 5.60. The first-order chi connectivity index (χ1) is 12.9. The molecule has 5 nitrogen and oxygen atoms in total. The fourth-order valence-electron chi connectivity index (χ4n) is 4.33. The Morgan fingerprint density at radius 1 is 1.04 bits per heavy atom. The average Bonchev–Trinajstić information content (AvgIpc) is 2.65. The van der Waals surface area contributed by atoms with Gasteiger partial charge in [0, 0.05) is 18.8 Å². The number of nitrogens with zero attached hydrogens (tertiary/aromatic N) is 2. The Hall–Kier alpha value is -2.24. The van der Waals surface area contributed by atoms with Crippen LogP contribution in [0.2, 0.25) is 10.0 Å². The van der Waals surface area contributed by atoms with E-state index in [0.29, 0.717) is 42.4 Å². The Morgan fingerprint density at radius 3 is 2.41 bits per heavy atom. The van der Waals surface area contributed by atoms with Crippen molar-refractivity contribution in [1.82, 2.24) is 4.90 Å². The number of likely N-dealkylation sites (tertiary alicyclic amines) is 1. The largest absolute Gasteiger partial charge is 0.351 e. The number of carbonyl (C=O) groups excluding carboxylic acids is 2. The maximum absolute atomic E-state index is 13.2. The van der Waals surface area contributed by atoms with E-state index in [2.05, 4.69) is 6.07 Å². The van der Waals surface area contributed by atoms with Crippen LogP contribution in [0.15, 0.2) is 42.5 Å². The second-order valence-electron chi connectivity index (χ2n) is 7.02. The van der Waals surface area contributed by atoms with Crippen LogP contribution >= 0.6 is 23.2 Å². The molecule has 0 unspecified atom stereocenters. The molecule has 3 amide bonds. The highest BCUT2D eigenvalue weighted by molar-refractivity contribution is 6.42. The number of amides is 3. The van der Waals surface area contributed by atoms with Gasteiger partial charge in [0.2, 0.25) is 5.91 Å². The Kier molecular flexibility index (Phi) is 4.52. The van der Waals surface area contributed by atoms with Gasteiger partial charge in [-0.25, -0.2) is 4.79 Å². The lowest BCUT2D eigenvalue weighted by Gasteiger charge is -2.52. The van der Waals surface area contributed by atoms with Crippen LogP contribution in [0.5, 0.6) is 0 Å². The molecular weight excluding hydrogens is 385 g/mol. The van der Waals surface area contributed by atoms with Crippen molar-refractivity contribution in [1.29, 1.82) is 0 Å². The predicted molar refractivity (Wildman–Crippen MR) is 106 cm³/mol. The lowest BCUT2D eigenvalue weighted by Crippen LogP contribution is -2.59. The first-order valence-electron chi connectivity index (χ1n) is 8.83. The van der Waals surface area contributed by atoms with Gasteiger partial charge in [-0.1, -0.05) is 47.5 Å². The molecule has 2 heterocycles. The van der Waals surface area contributed by atoms with Crippen molar-refractivity contribution in [3.05, 3.63) is 63.6 Å². The lowest BCUT2D eigenvalue weighted by atomic mass is 9.73. The second-order valence-corrected chi connectivity index (χ2v) is 7.83. The van der Waals surface area contributed by atoms with Gasteiger partial charge < -0.3 is 15.5 Å². The first-order valence-corrected chi connectivity index (χ1v) is 9.59. The van der Waals surface area contributed by atoms with E-state index in [1.165, 1.54) is 0 Å². The van der Waals surface area contributed by atoms with Crippen LogP contribution in [0.1, 0.15) is 24.0 Å². The highest BCUT2D eigenvalue weighted by Gasteiger charge is 2.48. The molecule has 1 saturated heterocycles. The normalized spacial score (nSPS) is 18.5. The molecule has 0 bridgehead atoms. The summed E-state index contributed by atoms with van der Waals surface area (Å²) < 4.78 is 0. The summed E-state index contributed by atoms with van der Waals surface area (Å²) in [5.41, 5.74) is 7.81. The van der Waals surface area contributed by atoms with Gasteiger partial charge in [0.05, 0.1) is 22.0 Å². The summed E-state index contributed by atoms with van der Waals surface area (Å²) in [4.78, 5) is 28.3. The number of hydrogen-bond acceptors (Lipinski definition) is 2. The topological polar surface area (TPSA) is 66.6 Å². The summed E-state index contributed by atoms with van der Waals surface area (Å²) in [5, 5.41) is 0.855. The number of fused-ring (bicyclic) bond motifs is 2. The zero-order valence-electron chi connectivity index (χ0n) is 14.6. The van der Waals surface area contributed by atoms with Gasteiger partial charge in [0.25, 0.3) is 0 Å². The summed E-state index contributed by atoms with van der Waals surface area (Å²) in [6, 6.07) is 12.9. The molecule has 2 N–H and O–H groups in total. The standard InChI is InChI=1S/C20H19Cl2N3O2/c21-16-6-5-14(12-17(16)22)25-18(26)11-13-3-1-2-4-15(13)20(25)7-9-24(10-8-20)19(23)27/h1-6,12H,7-11H2,(H2,23,27). The van der Waals surface area contributed by atoms with E-state index in [-0.39, 0.29) is 5.91 Å². The summed E-state index contributed by atoms with van der Waals surface area (Å²) >= 11 is 12.3. The number of nitrogens with two attached hydrogens (primary N) is 1. The van der Waals surface area contributed by atoms with Crippen LogP contribution in [0.4, 0.5) is 10.5 Å². The quantitative estimate of drug-likeness (QED) is 0.782. The Bertz CT molecular complexity index is 923. The number of halogens is 2. The van der Waals surface area contributed by atoms with E-state index >= 15 is 0 Å². The molecule has 27 heavy (non-hydrogen) atoms. The molecule has 1 spiro atoms. The Labute approximate surface area is 167 Å². The van der Waals surface area contributed by atoms with Crippen molar-refractivity contribution in [2.24, 2.45) is 5.73 Å². The van der Waals surface area contributed by atoms with Crippen LogP contribution in [0.3, 0.4) is 0 Å². The van der Waals surface area contributed by atoms with E-state index in [1.54, 1.807) is 17.0 Å². The van der Waals surface area contributed by atoms with Gasteiger partial charge in [0.1, 0.15) is 0 Å². The highest BCUT2D eigenvalue weighted by Crippen LogP contribution is 2.46. The smallest absolute Gasteiger partial charge is 0.314 e. The molecule has 2 aromatic carbocycles. The molecule has 2 aliphatic heterocycles. The van der Waals surface area contributed by atoms with E-state index in [0.717, 1.165) is 16.8 Å². The van der Waals surface area contributed by atoms with Gasteiger partial charge in [-0.2, -0.15) is 0 Å². The summed E-state index contributed by atoms with van der Waals surface area (Å²) in [5.74, 6) is 0.0135. The highest BCUT2D eigenvalue weighted by atomic mass is 35.5. The molecule has 0 aromatic heterocycles. The average molecular weight is 404 g/mol. The first kappa shape index (κ1) is 18.1. The zero-order chi connectivity index (χ0) is 19.2. The summed E-state index contributed by atoms with van der Waals surface area (Å²) in [6.45, 7) is 0.990. The minimum Gasteiger partial charge on any atom is -0.351 e. The van der Waals surface area contributed by atoms with Gasteiger partial charge in [-0.05, 0) is 42.2 Å². The number of hydrogen-bond donors (Lipinski definition) is 1. The number of carbonyl (C=O) groups is 2. The Morgan fingerprint density at radius 2 is 1.74 bits per heavy atom. The van der Waals surface area contributed by atoms with E-state index in [4.69, 9.17) is 28.9 Å². The molecule has 0 saturated carbocycles. The van der Waals surface area contributed by atoms with Crippen molar-refractivity contribution >= 4 is 40.8 Å². The van der Waals surface area contributed by atoms with E-state index in [1.807, 2.05) is 29.2 Å². The lowest BCUT2D eigenvalue weighted by molar-refractivity contribution is -0.120. The predicted octanol–water partition coefficient (Wildman–Crippen LogP) is 3.95. The number of piperidine rings is 1. The van der Waals surface area contributed by atoms with Crippen molar-refractivity contribution in [3.63, 3.8) is 0 Å². The van der Waals surface area contributed by atoms with Gasteiger partial charge in [0.15, 0.2) is 0 Å². The molecule has 2 aromatic rings. The number of urea groups is 1. The maximum Gasteiger partial charge on any atom is 0.314 e. The van der Waals surface area contributed by atoms with E-state index in [9.17, 15) is 9.59 Å². The van der Waals surface area contributed by atoms with Gasteiger partial charge in [-0.3, -0.25) is 4.79 Å². The Balaban J connectivity index is 1.85. The third kappa shape index (κ3) is 2.95. The number of anilines is 1. The fourth-order valence-corrected chi connectivity index (χ4v) is 4.63. The van der Waals surface area contributed by atoms with Crippen molar-refractivity contribution < 1.29 is 9.59 Å². The summed E-state index contributed by atoms with van der Waals surface area (Å²) in [7, 11) is 0. The molecule has 4 rings (SSSR count). The van der Waals surface area contributed by atoms with Gasteiger partial charge >= 0.3 is 6.03 Å². The zero-order valence-corrected chi connectivity index (χ0v) is 16.1. The van der Waals surface area contributed by atoms with Crippen molar-refractivity contribution in [3.8, 4) is 0 Å². The van der Waals surface area contributed by atoms with Crippen LogP contribution in [0.25, 0.3) is 0 Å². The van der Waals surface area contributed by atoms with Crippen LogP contribution in [-0.2, 0) is 16.8 Å². The monoisotopic (exact) mass is 403 g/mol. The molecule has 2 aliphatic rings. The minimum absolute atomic E-state index is 0.0135. The number of primary amides is 1. The molecular formula is C20H19Cl2N3O2. The fraction of sp³-hybridized carbons (Fsp3) is 0.300. The molecule has 7 heteroatoms. The number of benzene rings is 2. The molecule has 0 aliphatic carbocycles. The third-order valence-corrected chi connectivity index (χ3v) is 6.34. The van der Waals surface area contributed by atoms with Crippen LogP contribution < -0.4 is 10.6 Å². The van der Waals surface area contributed by atoms with Crippen LogP contribution in [0, 0.1) is 0 Å². The second kappa shape index (κ2) is 6.73. The van der Waals surface area contributed by atoms with Gasteiger partial charge in [-0.15, -0.1) is 0 Å². The molecule has 0 atom stereocenters. The van der Waals surface area contributed by atoms with Crippen molar-refractivity contribution in [2.45, 2.75) is 24.8 Å². The van der Waals surface area contributed by atoms with Crippen molar-refractivity contribution in [2.75, 3.05) is 18.0 Å². The maximum atomic E-state index is 13.2. The number of rotatable bonds is 1. The molecule has 0 radical (unpaired) electrons. The molecule has 140 valence electrons. The SMILES string of the molecule is NC(=O)N1CCC2(CC1)c1ccccc1CC(=O)N2c1ccc(Cl)c(Cl)c1.